The highest BCUT2D eigenvalue weighted by Gasteiger charge is 2.49. The normalized spacial score (nSPS) is 27.4. The maximum absolute atomic E-state index is 14.4. The topological polar surface area (TPSA) is 26.3 Å². The molecule has 0 atom stereocenters. The molecule has 2 rings (SSSR count). The van der Waals surface area contributed by atoms with Crippen LogP contribution in [0.2, 0.25) is 5.02 Å². The molecular weight excluding hydrogens is 243 g/mol. The van der Waals surface area contributed by atoms with Crippen LogP contribution in [-0.2, 0) is 15.2 Å². The first-order valence-electron chi connectivity index (χ1n) is 5.67. The van der Waals surface area contributed by atoms with Crippen LogP contribution >= 0.6 is 11.6 Å². The van der Waals surface area contributed by atoms with Gasteiger partial charge in [0.1, 0.15) is 5.67 Å². The second-order valence-electron chi connectivity index (χ2n) is 4.33. The maximum Gasteiger partial charge on any atom is 0.309 e. The number of rotatable bonds is 3. The Bertz CT molecular complexity index is 410. The van der Waals surface area contributed by atoms with Gasteiger partial charge in [0.2, 0.25) is 0 Å². The van der Waals surface area contributed by atoms with Crippen molar-refractivity contribution in [1.82, 2.24) is 0 Å². The number of ether oxygens (including phenoxy) is 1. The van der Waals surface area contributed by atoms with Crippen LogP contribution in [0.15, 0.2) is 24.3 Å². The van der Waals surface area contributed by atoms with Crippen LogP contribution in [0.3, 0.4) is 0 Å². The Hall–Kier alpha value is -1.09. The minimum atomic E-state index is -1.40. The highest BCUT2D eigenvalue weighted by atomic mass is 35.5. The molecule has 0 N–H and O–H groups in total. The summed E-state index contributed by atoms with van der Waals surface area (Å²) in [6, 6.07) is 6.67. The molecule has 0 bridgehead atoms. The van der Waals surface area contributed by atoms with E-state index < -0.39 is 5.67 Å². The quantitative estimate of drug-likeness (QED) is 0.774. The summed E-state index contributed by atoms with van der Waals surface area (Å²) < 4.78 is 19.2. The van der Waals surface area contributed by atoms with Crippen molar-refractivity contribution in [1.29, 1.82) is 0 Å². The predicted molar refractivity (Wildman–Crippen MR) is 63.6 cm³/mol. The van der Waals surface area contributed by atoms with E-state index in [1.807, 2.05) is 0 Å². The van der Waals surface area contributed by atoms with Gasteiger partial charge in [0.05, 0.1) is 12.5 Å². The monoisotopic (exact) mass is 256 g/mol. The number of halogens is 2. The standard InChI is InChI=1S/C13H14ClFO2/c1-2-17-12(16)9-7-13(15,8-9)10-3-5-11(14)6-4-10/h3-6,9H,2,7-8H2,1H3. The first-order valence-corrected chi connectivity index (χ1v) is 6.04. The van der Waals surface area contributed by atoms with Gasteiger partial charge >= 0.3 is 5.97 Å². The molecule has 1 fully saturated rings. The van der Waals surface area contributed by atoms with Gasteiger partial charge in [0.25, 0.3) is 0 Å². The number of carbonyl (C=O) groups excluding carboxylic acids is 1. The van der Waals surface area contributed by atoms with Gasteiger partial charge < -0.3 is 4.74 Å². The molecule has 0 aromatic heterocycles. The van der Waals surface area contributed by atoms with E-state index in [0.29, 0.717) is 17.2 Å². The lowest BCUT2D eigenvalue weighted by Crippen LogP contribution is -2.42. The zero-order chi connectivity index (χ0) is 12.5. The van der Waals surface area contributed by atoms with Gasteiger partial charge in [-0.25, -0.2) is 4.39 Å². The molecule has 0 amide bonds. The largest absolute Gasteiger partial charge is 0.466 e. The zero-order valence-electron chi connectivity index (χ0n) is 9.58. The van der Waals surface area contributed by atoms with E-state index in [0.717, 1.165) is 0 Å². The number of esters is 1. The molecule has 1 saturated carbocycles. The van der Waals surface area contributed by atoms with E-state index in [1.165, 1.54) is 0 Å². The van der Waals surface area contributed by atoms with Crippen molar-refractivity contribution in [3.63, 3.8) is 0 Å². The van der Waals surface area contributed by atoms with Gasteiger partial charge in [-0.15, -0.1) is 0 Å². The molecule has 1 aromatic carbocycles. The highest BCUT2D eigenvalue weighted by molar-refractivity contribution is 6.30. The average Bonchev–Trinajstić information content (AvgIpc) is 2.26. The molecule has 0 unspecified atom stereocenters. The Labute approximate surface area is 105 Å². The molecule has 0 aliphatic heterocycles. The van der Waals surface area contributed by atoms with Gasteiger partial charge in [-0.1, -0.05) is 23.7 Å². The third kappa shape index (κ3) is 2.44. The fraction of sp³-hybridized carbons (Fsp3) is 0.462. The van der Waals surface area contributed by atoms with Crippen LogP contribution in [0.1, 0.15) is 25.3 Å². The smallest absolute Gasteiger partial charge is 0.309 e. The summed E-state index contributed by atoms with van der Waals surface area (Å²) in [6.45, 7) is 2.09. The summed E-state index contributed by atoms with van der Waals surface area (Å²) in [5.74, 6) is -0.606. The first-order chi connectivity index (χ1) is 8.05. The Morgan fingerprint density at radius 1 is 1.47 bits per heavy atom. The van der Waals surface area contributed by atoms with Gasteiger partial charge in [-0.2, -0.15) is 0 Å². The average molecular weight is 257 g/mol. The summed E-state index contributed by atoms with van der Waals surface area (Å²) >= 11 is 5.75. The van der Waals surface area contributed by atoms with Crippen LogP contribution < -0.4 is 0 Å². The Morgan fingerprint density at radius 2 is 2.06 bits per heavy atom. The van der Waals surface area contributed by atoms with Crippen LogP contribution in [0, 0.1) is 5.92 Å². The van der Waals surface area contributed by atoms with Crippen LogP contribution in [0.4, 0.5) is 4.39 Å². The van der Waals surface area contributed by atoms with Crippen molar-refractivity contribution in [3.8, 4) is 0 Å². The van der Waals surface area contributed by atoms with Crippen molar-refractivity contribution >= 4 is 17.6 Å². The molecule has 92 valence electrons. The number of hydrogen-bond donors (Lipinski definition) is 0. The maximum atomic E-state index is 14.4. The second kappa shape index (κ2) is 4.65. The van der Waals surface area contributed by atoms with Crippen LogP contribution in [0.25, 0.3) is 0 Å². The fourth-order valence-corrected chi connectivity index (χ4v) is 2.26. The first kappa shape index (κ1) is 12.4. The summed E-state index contributed by atoms with van der Waals surface area (Å²) in [7, 11) is 0. The van der Waals surface area contributed by atoms with E-state index in [4.69, 9.17) is 16.3 Å². The molecule has 0 spiro atoms. The Balaban J connectivity index is 2.01. The second-order valence-corrected chi connectivity index (χ2v) is 4.77. The Morgan fingerprint density at radius 3 is 2.59 bits per heavy atom. The molecule has 1 aromatic rings. The third-order valence-electron chi connectivity index (χ3n) is 3.12. The van der Waals surface area contributed by atoms with E-state index in [-0.39, 0.29) is 24.7 Å². The van der Waals surface area contributed by atoms with Crippen molar-refractivity contribution in [2.45, 2.75) is 25.4 Å². The molecule has 1 aliphatic rings. The van der Waals surface area contributed by atoms with Crippen molar-refractivity contribution < 1.29 is 13.9 Å². The lowest BCUT2D eigenvalue weighted by Gasteiger charge is -2.40. The number of alkyl halides is 1. The molecule has 0 radical (unpaired) electrons. The number of hydrogen-bond acceptors (Lipinski definition) is 2. The predicted octanol–water partition coefficient (Wildman–Crippen LogP) is 3.48. The van der Waals surface area contributed by atoms with E-state index in [1.54, 1.807) is 31.2 Å². The fourth-order valence-electron chi connectivity index (χ4n) is 2.13. The lowest BCUT2D eigenvalue weighted by atomic mass is 9.69. The summed E-state index contributed by atoms with van der Waals surface area (Å²) in [5.41, 5.74) is -0.815. The zero-order valence-corrected chi connectivity index (χ0v) is 10.3. The third-order valence-corrected chi connectivity index (χ3v) is 3.37. The molecule has 1 aliphatic carbocycles. The van der Waals surface area contributed by atoms with Crippen molar-refractivity contribution in [3.05, 3.63) is 34.9 Å². The van der Waals surface area contributed by atoms with Crippen LogP contribution in [0.5, 0.6) is 0 Å². The van der Waals surface area contributed by atoms with E-state index in [9.17, 15) is 9.18 Å². The van der Waals surface area contributed by atoms with Gasteiger partial charge in [0.15, 0.2) is 0 Å². The summed E-state index contributed by atoms with van der Waals surface area (Å²) in [6.07, 6.45) is 0.404. The number of benzene rings is 1. The van der Waals surface area contributed by atoms with Crippen LogP contribution in [-0.4, -0.2) is 12.6 Å². The van der Waals surface area contributed by atoms with Crippen molar-refractivity contribution in [2.24, 2.45) is 5.92 Å². The highest BCUT2D eigenvalue weighted by Crippen LogP contribution is 2.49. The van der Waals surface area contributed by atoms with Gasteiger partial charge in [0, 0.05) is 5.02 Å². The molecule has 17 heavy (non-hydrogen) atoms. The van der Waals surface area contributed by atoms with Gasteiger partial charge in [-0.05, 0) is 37.5 Å². The minimum Gasteiger partial charge on any atom is -0.466 e. The van der Waals surface area contributed by atoms with E-state index in [2.05, 4.69) is 0 Å². The van der Waals surface area contributed by atoms with E-state index >= 15 is 0 Å². The molecule has 4 heteroatoms. The Kier molecular flexibility index (Phi) is 3.38. The molecule has 2 nitrogen and oxygen atoms in total. The lowest BCUT2D eigenvalue weighted by molar-refractivity contribution is -0.158. The number of carbonyl (C=O) groups is 1. The van der Waals surface area contributed by atoms with Gasteiger partial charge in [-0.3, -0.25) is 4.79 Å². The summed E-state index contributed by atoms with van der Waals surface area (Å²) in [4.78, 5) is 11.4. The van der Waals surface area contributed by atoms with Crippen molar-refractivity contribution in [2.75, 3.05) is 6.61 Å². The molecule has 0 saturated heterocycles. The SMILES string of the molecule is CCOC(=O)C1CC(F)(c2ccc(Cl)cc2)C1. The minimum absolute atomic E-state index is 0.202. The summed E-state index contributed by atoms with van der Waals surface area (Å²) in [5, 5.41) is 0.582. The molecule has 0 heterocycles. The molecular formula is C13H14ClFO2.